The van der Waals surface area contributed by atoms with Crippen LogP contribution in [0.15, 0.2) is 30.6 Å². The number of hydrogen-bond donors (Lipinski definition) is 1. The number of nitrogens with one attached hydrogen (secondary N) is 1. The molecule has 0 amide bonds. The zero-order valence-electron chi connectivity index (χ0n) is 10.9. The monoisotopic (exact) mass is 263 g/mol. The van der Waals surface area contributed by atoms with Crippen LogP contribution < -0.4 is 5.32 Å². The van der Waals surface area contributed by atoms with Gasteiger partial charge in [0.15, 0.2) is 0 Å². The topological polar surface area (TPSA) is 29.9 Å². The third-order valence-electron chi connectivity index (χ3n) is 2.65. The van der Waals surface area contributed by atoms with Gasteiger partial charge < -0.3 is 9.88 Å². The second-order valence-corrected chi connectivity index (χ2v) is 5.31. The Labute approximate surface area is 113 Å². The van der Waals surface area contributed by atoms with Crippen LogP contribution in [0.1, 0.15) is 19.4 Å². The normalized spacial score (nSPS) is 10.9. The number of aryl methyl sites for hydroxylation is 1. The molecule has 2 rings (SSSR count). The molecule has 96 valence electrons. The van der Waals surface area contributed by atoms with E-state index in [1.165, 1.54) is 5.56 Å². The third kappa shape index (κ3) is 3.05. The van der Waals surface area contributed by atoms with Crippen LogP contribution in [-0.4, -0.2) is 9.55 Å². The Morgan fingerprint density at radius 3 is 2.89 bits per heavy atom. The van der Waals surface area contributed by atoms with Crippen molar-refractivity contribution in [2.24, 2.45) is 5.92 Å². The molecule has 0 bridgehead atoms. The molecule has 2 aromatic rings. The van der Waals surface area contributed by atoms with Crippen LogP contribution in [0.4, 0.5) is 11.6 Å². The van der Waals surface area contributed by atoms with Gasteiger partial charge in [0.2, 0.25) is 5.95 Å². The van der Waals surface area contributed by atoms with E-state index in [9.17, 15) is 0 Å². The third-order valence-corrected chi connectivity index (χ3v) is 2.98. The van der Waals surface area contributed by atoms with E-state index in [1.807, 2.05) is 31.3 Å². The van der Waals surface area contributed by atoms with E-state index >= 15 is 0 Å². The van der Waals surface area contributed by atoms with Crippen LogP contribution >= 0.6 is 11.6 Å². The first-order chi connectivity index (χ1) is 8.56. The molecule has 4 heteroatoms. The highest BCUT2D eigenvalue weighted by Gasteiger charge is 2.07. The van der Waals surface area contributed by atoms with Crippen molar-refractivity contribution in [3.63, 3.8) is 0 Å². The maximum absolute atomic E-state index is 6.17. The minimum atomic E-state index is 0.577. The highest BCUT2D eigenvalue weighted by atomic mass is 35.5. The summed E-state index contributed by atoms with van der Waals surface area (Å²) in [6.45, 7) is 7.35. The van der Waals surface area contributed by atoms with E-state index in [0.717, 1.165) is 18.2 Å². The zero-order chi connectivity index (χ0) is 13.1. The van der Waals surface area contributed by atoms with E-state index in [4.69, 9.17) is 11.6 Å². The molecular formula is C14H18ClN3. The fraction of sp³-hybridized carbons (Fsp3) is 0.357. The first kappa shape index (κ1) is 13.0. The molecule has 1 heterocycles. The molecule has 0 saturated carbocycles. The minimum Gasteiger partial charge on any atom is -0.324 e. The lowest BCUT2D eigenvalue weighted by Gasteiger charge is -2.13. The SMILES string of the molecule is Cc1ccc(Cl)c(Nc2nccn2CC(C)C)c1. The summed E-state index contributed by atoms with van der Waals surface area (Å²) >= 11 is 6.17. The Balaban J connectivity index is 2.23. The molecule has 0 aliphatic heterocycles. The Bertz CT molecular complexity index is 532. The lowest BCUT2D eigenvalue weighted by atomic mass is 10.2. The van der Waals surface area contributed by atoms with Crippen LogP contribution in [0.2, 0.25) is 5.02 Å². The smallest absolute Gasteiger partial charge is 0.207 e. The van der Waals surface area contributed by atoms with Crippen LogP contribution in [0.3, 0.4) is 0 Å². The number of anilines is 2. The quantitative estimate of drug-likeness (QED) is 0.894. The van der Waals surface area contributed by atoms with E-state index in [-0.39, 0.29) is 0 Å². The molecule has 0 aliphatic carbocycles. The molecule has 0 radical (unpaired) electrons. The van der Waals surface area contributed by atoms with Crippen molar-refractivity contribution in [3.8, 4) is 0 Å². The molecule has 0 aliphatic rings. The number of aromatic nitrogens is 2. The van der Waals surface area contributed by atoms with Gasteiger partial charge in [0.05, 0.1) is 10.7 Å². The van der Waals surface area contributed by atoms with Gasteiger partial charge in [0.1, 0.15) is 0 Å². The maximum Gasteiger partial charge on any atom is 0.207 e. The van der Waals surface area contributed by atoms with Gasteiger partial charge in [0, 0.05) is 18.9 Å². The molecule has 3 nitrogen and oxygen atoms in total. The number of rotatable bonds is 4. The summed E-state index contributed by atoms with van der Waals surface area (Å²) in [7, 11) is 0. The predicted molar refractivity (Wildman–Crippen MR) is 76.5 cm³/mol. The molecule has 1 aromatic carbocycles. The summed E-state index contributed by atoms with van der Waals surface area (Å²) in [5.74, 6) is 1.41. The van der Waals surface area contributed by atoms with Gasteiger partial charge >= 0.3 is 0 Å². The number of nitrogens with zero attached hydrogens (tertiary/aromatic N) is 2. The van der Waals surface area contributed by atoms with Crippen LogP contribution in [0.25, 0.3) is 0 Å². The second-order valence-electron chi connectivity index (χ2n) is 4.91. The van der Waals surface area contributed by atoms with Crippen molar-refractivity contribution in [1.82, 2.24) is 9.55 Å². The van der Waals surface area contributed by atoms with Crippen molar-refractivity contribution < 1.29 is 0 Å². The predicted octanol–water partition coefficient (Wildman–Crippen LogP) is 4.24. The average Bonchev–Trinajstić information content (AvgIpc) is 2.70. The molecule has 0 atom stereocenters. The fourth-order valence-electron chi connectivity index (χ4n) is 1.83. The summed E-state index contributed by atoms with van der Waals surface area (Å²) < 4.78 is 2.10. The van der Waals surface area contributed by atoms with Crippen molar-refractivity contribution in [2.45, 2.75) is 27.3 Å². The molecular weight excluding hydrogens is 246 g/mol. The van der Waals surface area contributed by atoms with Crippen LogP contribution in [-0.2, 0) is 6.54 Å². The summed E-state index contributed by atoms with van der Waals surface area (Å²) in [4.78, 5) is 4.33. The standard InChI is InChI=1S/C14H18ClN3/c1-10(2)9-18-7-6-16-14(18)17-13-8-11(3)4-5-12(13)15/h4-8,10H,9H2,1-3H3,(H,16,17). The molecule has 0 unspecified atom stereocenters. The number of benzene rings is 1. The Morgan fingerprint density at radius 1 is 1.39 bits per heavy atom. The van der Waals surface area contributed by atoms with Crippen molar-refractivity contribution >= 4 is 23.2 Å². The van der Waals surface area contributed by atoms with Gasteiger partial charge in [0.25, 0.3) is 0 Å². The first-order valence-corrected chi connectivity index (χ1v) is 6.48. The van der Waals surface area contributed by atoms with Crippen molar-refractivity contribution in [2.75, 3.05) is 5.32 Å². The largest absolute Gasteiger partial charge is 0.324 e. The van der Waals surface area contributed by atoms with Crippen molar-refractivity contribution in [3.05, 3.63) is 41.2 Å². The molecule has 1 aromatic heterocycles. The molecule has 0 saturated heterocycles. The first-order valence-electron chi connectivity index (χ1n) is 6.10. The summed E-state index contributed by atoms with van der Waals surface area (Å²) in [5, 5.41) is 3.99. The molecule has 18 heavy (non-hydrogen) atoms. The second kappa shape index (κ2) is 5.44. The summed E-state index contributed by atoms with van der Waals surface area (Å²) in [5.41, 5.74) is 2.07. The van der Waals surface area contributed by atoms with Gasteiger partial charge in [-0.25, -0.2) is 4.98 Å². The summed E-state index contributed by atoms with van der Waals surface area (Å²) in [6.07, 6.45) is 3.78. The van der Waals surface area contributed by atoms with Gasteiger partial charge in [-0.3, -0.25) is 0 Å². The Morgan fingerprint density at radius 2 is 2.17 bits per heavy atom. The average molecular weight is 264 g/mol. The Hall–Kier alpha value is -1.48. The number of hydrogen-bond acceptors (Lipinski definition) is 2. The van der Waals surface area contributed by atoms with Gasteiger partial charge in [-0.2, -0.15) is 0 Å². The lowest BCUT2D eigenvalue weighted by molar-refractivity contribution is 0.527. The number of imidazole rings is 1. The summed E-state index contributed by atoms with van der Waals surface area (Å²) in [6, 6.07) is 5.92. The van der Waals surface area contributed by atoms with E-state index in [1.54, 1.807) is 6.20 Å². The maximum atomic E-state index is 6.17. The molecule has 1 N–H and O–H groups in total. The van der Waals surface area contributed by atoms with Gasteiger partial charge in [-0.1, -0.05) is 31.5 Å². The van der Waals surface area contributed by atoms with Crippen LogP contribution in [0.5, 0.6) is 0 Å². The minimum absolute atomic E-state index is 0.577. The van der Waals surface area contributed by atoms with E-state index in [0.29, 0.717) is 10.9 Å². The van der Waals surface area contributed by atoms with E-state index < -0.39 is 0 Å². The number of halogens is 1. The van der Waals surface area contributed by atoms with E-state index in [2.05, 4.69) is 28.7 Å². The fourth-order valence-corrected chi connectivity index (χ4v) is 1.99. The molecule has 0 spiro atoms. The Kier molecular flexibility index (Phi) is 3.92. The van der Waals surface area contributed by atoms with Gasteiger partial charge in [-0.15, -0.1) is 0 Å². The van der Waals surface area contributed by atoms with Gasteiger partial charge in [-0.05, 0) is 30.5 Å². The van der Waals surface area contributed by atoms with Crippen molar-refractivity contribution in [1.29, 1.82) is 0 Å². The lowest BCUT2D eigenvalue weighted by Crippen LogP contribution is -2.07. The highest BCUT2D eigenvalue weighted by Crippen LogP contribution is 2.25. The van der Waals surface area contributed by atoms with Crippen LogP contribution in [0, 0.1) is 12.8 Å². The highest BCUT2D eigenvalue weighted by molar-refractivity contribution is 6.33. The zero-order valence-corrected chi connectivity index (χ0v) is 11.7. The molecule has 0 fully saturated rings.